The molecule has 3 heteroatoms. The SMILES string of the molecule is CC(C)CCN(c1cc(F)cc(C#N)c1)C1CCCC1. The molecule has 0 saturated heterocycles. The van der Waals surface area contributed by atoms with Gasteiger partial charge in [-0.05, 0) is 43.4 Å². The smallest absolute Gasteiger partial charge is 0.126 e. The molecule has 1 fully saturated rings. The van der Waals surface area contributed by atoms with E-state index in [9.17, 15) is 4.39 Å². The highest BCUT2D eigenvalue weighted by Gasteiger charge is 2.23. The topological polar surface area (TPSA) is 27.0 Å². The van der Waals surface area contributed by atoms with Crippen molar-refractivity contribution in [2.75, 3.05) is 11.4 Å². The quantitative estimate of drug-likeness (QED) is 0.791. The summed E-state index contributed by atoms with van der Waals surface area (Å²) in [7, 11) is 0. The summed E-state index contributed by atoms with van der Waals surface area (Å²) in [6, 6.07) is 7.25. The van der Waals surface area contributed by atoms with Gasteiger partial charge < -0.3 is 4.90 Å². The Morgan fingerprint density at radius 3 is 2.60 bits per heavy atom. The van der Waals surface area contributed by atoms with E-state index in [2.05, 4.69) is 24.8 Å². The molecule has 108 valence electrons. The largest absolute Gasteiger partial charge is 0.368 e. The van der Waals surface area contributed by atoms with Crippen LogP contribution in [0.1, 0.15) is 51.5 Å². The van der Waals surface area contributed by atoms with Gasteiger partial charge >= 0.3 is 0 Å². The van der Waals surface area contributed by atoms with Gasteiger partial charge in [0, 0.05) is 18.3 Å². The summed E-state index contributed by atoms with van der Waals surface area (Å²) in [5.74, 6) is 0.314. The van der Waals surface area contributed by atoms with Gasteiger partial charge in [-0.3, -0.25) is 0 Å². The fraction of sp³-hybridized carbons (Fsp3) is 0.588. The molecule has 1 aliphatic carbocycles. The predicted octanol–water partition coefficient (Wildman–Crippen LogP) is 4.49. The van der Waals surface area contributed by atoms with E-state index in [4.69, 9.17) is 5.26 Å². The minimum atomic E-state index is -0.313. The normalized spacial score (nSPS) is 15.6. The third-order valence-corrected chi connectivity index (χ3v) is 4.06. The Morgan fingerprint density at radius 2 is 2.00 bits per heavy atom. The monoisotopic (exact) mass is 274 g/mol. The van der Waals surface area contributed by atoms with Crippen LogP contribution >= 0.6 is 0 Å². The van der Waals surface area contributed by atoms with Crippen molar-refractivity contribution >= 4 is 5.69 Å². The summed E-state index contributed by atoms with van der Waals surface area (Å²) < 4.78 is 13.7. The van der Waals surface area contributed by atoms with Crippen LogP contribution in [-0.4, -0.2) is 12.6 Å². The van der Waals surface area contributed by atoms with Crippen molar-refractivity contribution in [1.82, 2.24) is 0 Å². The molecule has 2 rings (SSSR count). The molecule has 0 heterocycles. The molecule has 1 aromatic rings. The molecule has 1 aromatic carbocycles. The van der Waals surface area contributed by atoms with Crippen LogP contribution < -0.4 is 4.90 Å². The molecule has 0 amide bonds. The number of anilines is 1. The van der Waals surface area contributed by atoms with Crippen LogP contribution in [0.4, 0.5) is 10.1 Å². The molecule has 0 atom stereocenters. The molecule has 1 saturated carbocycles. The van der Waals surface area contributed by atoms with Gasteiger partial charge in [-0.15, -0.1) is 0 Å². The van der Waals surface area contributed by atoms with Crippen molar-refractivity contribution in [3.05, 3.63) is 29.6 Å². The highest BCUT2D eigenvalue weighted by Crippen LogP contribution is 2.30. The first-order chi connectivity index (χ1) is 9.60. The first-order valence-corrected chi connectivity index (χ1v) is 7.57. The van der Waals surface area contributed by atoms with Crippen molar-refractivity contribution in [1.29, 1.82) is 5.26 Å². The zero-order valence-corrected chi connectivity index (χ0v) is 12.4. The number of halogens is 1. The zero-order valence-electron chi connectivity index (χ0n) is 12.4. The molecular weight excluding hydrogens is 251 g/mol. The second kappa shape index (κ2) is 6.74. The molecule has 0 aromatic heterocycles. The Kier molecular flexibility index (Phi) is 5.00. The van der Waals surface area contributed by atoms with E-state index in [0.29, 0.717) is 17.5 Å². The number of nitrogens with zero attached hydrogens (tertiary/aromatic N) is 2. The molecule has 0 aliphatic heterocycles. The summed E-state index contributed by atoms with van der Waals surface area (Å²) in [6.45, 7) is 5.36. The highest BCUT2D eigenvalue weighted by molar-refractivity contribution is 5.53. The molecule has 2 nitrogen and oxygen atoms in total. The van der Waals surface area contributed by atoms with Crippen molar-refractivity contribution < 1.29 is 4.39 Å². The van der Waals surface area contributed by atoms with Crippen LogP contribution in [-0.2, 0) is 0 Å². The van der Waals surface area contributed by atoms with Gasteiger partial charge in [-0.1, -0.05) is 26.7 Å². The maximum atomic E-state index is 13.7. The molecule has 0 unspecified atom stereocenters. The molecule has 0 spiro atoms. The molecule has 0 bridgehead atoms. The van der Waals surface area contributed by atoms with Crippen LogP contribution in [0.2, 0.25) is 0 Å². The standard InChI is InChI=1S/C17H23FN2/c1-13(2)7-8-20(16-5-3-4-6-16)17-10-14(12-19)9-15(18)11-17/h9-11,13,16H,3-8H2,1-2H3. The fourth-order valence-electron chi connectivity index (χ4n) is 2.94. The van der Waals surface area contributed by atoms with Crippen LogP contribution in [0, 0.1) is 23.1 Å². The van der Waals surface area contributed by atoms with Crippen LogP contribution in [0.15, 0.2) is 18.2 Å². The Bertz CT molecular complexity index is 484. The lowest BCUT2D eigenvalue weighted by Crippen LogP contribution is -2.34. The predicted molar refractivity (Wildman–Crippen MR) is 80.2 cm³/mol. The summed E-state index contributed by atoms with van der Waals surface area (Å²) in [5.41, 5.74) is 1.28. The van der Waals surface area contributed by atoms with Crippen molar-refractivity contribution in [3.8, 4) is 6.07 Å². The number of hydrogen-bond acceptors (Lipinski definition) is 2. The first-order valence-electron chi connectivity index (χ1n) is 7.57. The maximum Gasteiger partial charge on any atom is 0.126 e. The lowest BCUT2D eigenvalue weighted by Gasteiger charge is -2.32. The Morgan fingerprint density at radius 1 is 1.30 bits per heavy atom. The second-order valence-electron chi connectivity index (χ2n) is 6.12. The number of rotatable bonds is 5. The molecular formula is C17H23FN2. The minimum absolute atomic E-state index is 0.313. The van der Waals surface area contributed by atoms with Crippen molar-refractivity contribution in [2.24, 2.45) is 5.92 Å². The molecule has 0 N–H and O–H groups in total. The van der Waals surface area contributed by atoms with Crippen LogP contribution in [0.3, 0.4) is 0 Å². The number of hydrogen-bond donors (Lipinski definition) is 0. The van der Waals surface area contributed by atoms with Gasteiger partial charge in [0.1, 0.15) is 5.82 Å². The highest BCUT2D eigenvalue weighted by atomic mass is 19.1. The summed E-state index contributed by atoms with van der Waals surface area (Å²) in [6.07, 6.45) is 5.95. The van der Waals surface area contributed by atoms with E-state index >= 15 is 0 Å². The van der Waals surface area contributed by atoms with Gasteiger partial charge in [-0.2, -0.15) is 5.26 Å². The molecule has 0 radical (unpaired) electrons. The van der Waals surface area contributed by atoms with Crippen LogP contribution in [0.25, 0.3) is 0 Å². The van der Waals surface area contributed by atoms with Gasteiger partial charge in [-0.25, -0.2) is 4.39 Å². The third kappa shape index (κ3) is 3.72. The van der Waals surface area contributed by atoms with E-state index < -0.39 is 0 Å². The van der Waals surface area contributed by atoms with E-state index in [0.717, 1.165) is 18.7 Å². The third-order valence-electron chi connectivity index (χ3n) is 4.06. The first kappa shape index (κ1) is 14.8. The van der Waals surface area contributed by atoms with E-state index in [-0.39, 0.29) is 5.82 Å². The molecule has 20 heavy (non-hydrogen) atoms. The Labute approximate surface area is 121 Å². The number of nitriles is 1. The Hall–Kier alpha value is -1.56. The molecule has 1 aliphatic rings. The zero-order chi connectivity index (χ0) is 14.5. The van der Waals surface area contributed by atoms with Gasteiger partial charge in [0.15, 0.2) is 0 Å². The van der Waals surface area contributed by atoms with Crippen LogP contribution in [0.5, 0.6) is 0 Å². The lowest BCUT2D eigenvalue weighted by molar-refractivity contribution is 0.527. The average Bonchev–Trinajstić information content (AvgIpc) is 2.92. The summed E-state index contributed by atoms with van der Waals surface area (Å²) >= 11 is 0. The van der Waals surface area contributed by atoms with Crippen molar-refractivity contribution in [3.63, 3.8) is 0 Å². The minimum Gasteiger partial charge on any atom is -0.368 e. The van der Waals surface area contributed by atoms with Gasteiger partial charge in [0.2, 0.25) is 0 Å². The fourth-order valence-corrected chi connectivity index (χ4v) is 2.94. The Balaban J connectivity index is 2.24. The van der Waals surface area contributed by atoms with Gasteiger partial charge in [0.25, 0.3) is 0 Å². The van der Waals surface area contributed by atoms with Crippen molar-refractivity contribution in [2.45, 2.75) is 52.0 Å². The number of benzene rings is 1. The summed E-state index contributed by atoms with van der Waals surface area (Å²) in [5, 5.41) is 9.02. The summed E-state index contributed by atoms with van der Waals surface area (Å²) in [4.78, 5) is 2.32. The van der Waals surface area contributed by atoms with Gasteiger partial charge in [0.05, 0.1) is 11.6 Å². The lowest BCUT2D eigenvalue weighted by atomic mass is 10.1. The van der Waals surface area contributed by atoms with E-state index in [1.807, 2.05) is 6.07 Å². The second-order valence-corrected chi connectivity index (χ2v) is 6.12. The average molecular weight is 274 g/mol. The van der Waals surface area contributed by atoms with E-state index in [1.165, 1.54) is 31.7 Å². The maximum absolute atomic E-state index is 13.7. The van der Waals surface area contributed by atoms with E-state index in [1.54, 1.807) is 6.07 Å².